The first-order chi connectivity index (χ1) is 9.51. The van der Waals surface area contributed by atoms with E-state index in [0.29, 0.717) is 6.04 Å². The monoisotopic (exact) mass is 279 g/mol. The molecule has 1 unspecified atom stereocenters. The normalized spacial score (nSPS) is 15.8. The van der Waals surface area contributed by atoms with E-state index in [1.165, 1.54) is 4.90 Å². The van der Waals surface area contributed by atoms with Crippen molar-refractivity contribution >= 4 is 11.8 Å². The number of aryl methyl sites for hydroxylation is 1. The molecule has 2 amide bonds. The first-order valence-corrected chi connectivity index (χ1v) is 6.71. The van der Waals surface area contributed by atoms with E-state index in [4.69, 9.17) is 0 Å². The van der Waals surface area contributed by atoms with Gasteiger partial charge in [0.1, 0.15) is 6.04 Å². The highest BCUT2D eigenvalue weighted by Crippen LogP contribution is 2.18. The molecule has 1 heterocycles. The average molecular weight is 279 g/mol. The molecule has 0 aliphatic heterocycles. The molecule has 2 rings (SSSR count). The van der Waals surface area contributed by atoms with Crippen molar-refractivity contribution in [3.05, 3.63) is 18.0 Å². The van der Waals surface area contributed by atoms with Crippen molar-refractivity contribution in [2.75, 3.05) is 20.6 Å². The van der Waals surface area contributed by atoms with Gasteiger partial charge in [-0.25, -0.2) is 0 Å². The number of hydrogen-bond donors (Lipinski definition) is 2. The summed E-state index contributed by atoms with van der Waals surface area (Å²) in [5, 5.41) is 9.90. The van der Waals surface area contributed by atoms with E-state index in [2.05, 4.69) is 15.7 Å². The van der Waals surface area contributed by atoms with Crippen molar-refractivity contribution in [1.29, 1.82) is 0 Å². The summed E-state index contributed by atoms with van der Waals surface area (Å²) < 4.78 is 1.65. The molecule has 1 aromatic rings. The van der Waals surface area contributed by atoms with Gasteiger partial charge >= 0.3 is 0 Å². The Morgan fingerprint density at radius 1 is 1.55 bits per heavy atom. The molecule has 1 aromatic heterocycles. The van der Waals surface area contributed by atoms with Gasteiger partial charge in [0.05, 0.1) is 12.7 Å². The second-order valence-corrected chi connectivity index (χ2v) is 5.21. The molecular formula is C13H21N5O2. The molecule has 0 bridgehead atoms. The van der Waals surface area contributed by atoms with Crippen LogP contribution in [0.3, 0.4) is 0 Å². The Bertz CT molecular complexity index is 495. The molecule has 1 atom stereocenters. The van der Waals surface area contributed by atoms with Crippen LogP contribution in [0.4, 0.5) is 0 Å². The summed E-state index contributed by atoms with van der Waals surface area (Å²) in [5.74, 6) is -0.254. The van der Waals surface area contributed by atoms with Crippen LogP contribution < -0.4 is 10.6 Å². The number of carbonyl (C=O) groups is 2. The highest BCUT2D eigenvalue weighted by Gasteiger charge is 2.27. The predicted molar refractivity (Wildman–Crippen MR) is 73.8 cm³/mol. The van der Waals surface area contributed by atoms with Crippen molar-refractivity contribution in [3.8, 4) is 0 Å². The highest BCUT2D eigenvalue weighted by atomic mass is 16.2. The van der Waals surface area contributed by atoms with Gasteiger partial charge in [-0.1, -0.05) is 0 Å². The molecule has 1 aliphatic rings. The van der Waals surface area contributed by atoms with E-state index < -0.39 is 6.04 Å². The third-order valence-electron chi connectivity index (χ3n) is 3.29. The van der Waals surface area contributed by atoms with Gasteiger partial charge in [-0.05, 0) is 19.9 Å². The molecule has 2 N–H and O–H groups in total. The molecule has 0 radical (unpaired) electrons. The van der Waals surface area contributed by atoms with Crippen LogP contribution in [0, 0.1) is 0 Å². The minimum Gasteiger partial charge on any atom is -0.352 e. The Kier molecular flexibility index (Phi) is 4.39. The lowest BCUT2D eigenvalue weighted by molar-refractivity contribution is -0.136. The Labute approximate surface area is 118 Å². The third kappa shape index (κ3) is 3.57. The van der Waals surface area contributed by atoms with Gasteiger partial charge in [0.15, 0.2) is 0 Å². The Hall–Kier alpha value is -1.89. The molecule has 0 aromatic carbocycles. The molecule has 0 spiro atoms. The Morgan fingerprint density at radius 3 is 2.75 bits per heavy atom. The molecule has 20 heavy (non-hydrogen) atoms. The summed E-state index contributed by atoms with van der Waals surface area (Å²) in [7, 11) is 5.15. The molecule has 1 fully saturated rings. The minimum atomic E-state index is -0.484. The first-order valence-electron chi connectivity index (χ1n) is 6.71. The molecule has 110 valence electrons. The average Bonchev–Trinajstić information content (AvgIpc) is 3.10. The van der Waals surface area contributed by atoms with E-state index in [1.807, 2.05) is 0 Å². The molecule has 7 heteroatoms. The molecular weight excluding hydrogens is 258 g/mol. The van der Waals surface area contributed by atoms with Crippen LogP contribution in [0.1, 0.15) is 24.4 Å². The fourth-order valence-electron chi connectivity index (χ4n) is 2.04. The SMILES string of the molecule is CNC(C(=O)N(C)CC(=O)NC1CC1)c1cnn(C)c1. The standard InChI is InChI=1S/C13H21N5O2/c1-14-12(9-6-15-18(3)7-9)13(20)17(2)8-11(19)16-10-4-5-10/h6-7,10,12,14H,4-5,8H2,1-3H3,(H,16,19). The highest BCUT2D eigenvalue weighted by molar-refractivity contribution is 5.88. The van der Waals surface area contributed by atoms with Crippen LogP contribution in [0.2, 0.25) is 0 Å². The van der Waals surface area contributed by atoms with Crippen LogP contribution in [-0.4, -0.2) is 53.2 Å². The van der Waals surface area contributed by atoms with E-state index >= 15 is 0 Å². The summed E-state index contributed by atoms with van der Waals surface area (Å²) in [6.07, 6.45) is 5.52. The number of hydrogen-bond acceptors (Lipinski definition) is 4. The van der Waals surface area contributed by atoms with Crippen molar-refractivity contribution in [2.45, 2.75) is 24.9 Å². The molecule has 1 aliphatic carbocycles. The van der Waals surface area contributed by atoms with Gasteiger partial charge in [-0.15, -0.1) is 0 Å². The third-order valence-corrected chi connectivity index (χ3v) is 3.29. The van der Waals surface area contributed by atoms with Crippen molar-refractivity contribution in [1.82, 2.24) is 25.3 Å². The zero-order chi connectivity index (χ0) is 14.7. The van der Waals surface area contributed by atoms with Gasteiger partial charge in [0, 0.05) is 31.9 Å². The van der Waals surface area contributed by atoms with Gasteiger partial charge in [0.2, 0.25) is 11.8 Å². The van der Waals surface area contributed by atoms with E-state index in [-0.39, 0.29) is 18.4 Å². The largest absolute Gasteiger partial charge is 0.352 e. The van der Waals surface area contributed by atoms with E-state index in [9.17, 15) is 9.59 Å². The fourth-order valence-corrected chi connectivity index (χ4v) is 2.04. The van der Waals surface area contributed by atoms with Crippen LogP contribution in [-0.2, 0) is 16.6 Å². The fraction of sp³-hybridized carbons (Fsp3) is 0.615. The van der Waals surface area contributed by atoms with Crippen LogP contribution >= 0.6 is 0 Å². The number of aromatic nitrogens is 2. The number of likely N-dealkylation sites (N-methyl/N-ethyl adjacent to an activating group) is 2. The lowest BCUT2D eigenvalue weighted by Gasteiger charge is -2.22. The van der Waals surface area contributed by atoms with Gasteiger partial charge in [-0.2, -0.15) is 5.10 Å². The van der Waals surface area contributed by atoms with E-state index in [1.54, 1.807) is 38.2 Å². The number of nitrogens with one attached hydrogen (secondary N) is 2. The Balaban J connectivity index is 1.94. The van der Waals surface area contributed by atoms with E-state index in [0.717, 1.165) is 18.4 Å². The quantitative estimate of drug-likeness (QED) is 0.730. The molecule has 0 saturated heterocycles. The summed E-state index contributed by atoms with van der Waals surface area (Å²) in [4.78, 5) is 25.5. The summed E-state index contributed by atoms with van der Waals surface area (Å²) in [6.45, 7) is 0.0772. The zero-order valence-electron chi connectivity index (χ0n) is 12.1. The second kappa shape index (κ2) is 6.04. The Morgan fingerprint density at radius 2 is 2.25 bits per heavy atom. The minimum absolute atomic E-state index is 0.0772. The summed E-state index contributed by atoms with van der Waals surface area (Å²) in [5.41, 5.74) is 0.787. The number of carbonyl (C=O) groups excluding carboxylic acids is 2. The molecule has 1 saturated carbocycles. The number of amides is 2. The second-order valence-electron chi connectivity index (χ2n) is 5.21. The molecule has 7 nitrogen and oxygen atoms in total. The van der Waals surface area contributed by atoms with Crippen molar-refractivity contribution < 1.29 is 9.59 Å². The maximum atomic E-state index is 12.4. The van der Waals surface area contributed by atoms with Crippen LogP contribution in [0.5, 0.6) is 0 Å². The van der Waals surface area contributed by atoms with Gasteiger partial charge in [-0.3, -0.25) is 14.3 Å². The zero-order valence-corrected chi connectivity index (χ0v) is 12.1. The maximum Gasteiger partial charge on any atom is 0.244 e. The number of rotatable bonds is 6. The van der Waals surface area contributed by atoms with Crippen LogP contribution in [0.15, 0.2) is 12.4 Å². The smallest absolute Gasteiger partial charge is 0.244 e. The maximum absolute atomic E-state index is 12.4. The summed E-state index contributed by atoms with van der Waals surface area (Å²) in [6, 6.07) is -0.174. The van der Waals surface area contributed by atoms with Crippen molar-refractivity contribution in [3.63, 3.8) is 0 Å². The predicted octanol–water partition coefficient (Wildman–Crippen LogP) is -0.582. The van der Waals surface area contributed by atoms with Crippen molar-refractivity contribution in [2.24, 2.45) is 7.05 Å². The number of nitrogens with zero attached hydrogens (tertiary/aromatic N) is 3. The van der Waals surface area contributed by atoms with Gasteiger partial charge in [0.25, 0.3) is 0 Å². The summed E-state index contributed by atoms with van der Waals surface area (Å²) >= 11 is 0. The van der Waals surface area contributed by atoms with Crippen LogP contribution in [0.25, 0.3) is 0 Å². The lowest BCUT2D eigenvalue weighted by atomic mass is 10.1. The lowest BCUT2D eigenvalue weighted by Crippen LogP contribution is -2.43. The topological polar surface area (TPSA) is 79.3 Å². The van der Waals surface area contributed by atoms with Gasteiger partial charge < -0.3 is 15.5 Å². The first kappa shape index (κ1) is 14.5.